The first-order valence-corrected chi connectivity index (χ1v) is 24.7. The summed E-state index contributed by atoms with van der Waals surface area (Å²) in [6, 6.07) is 5.18. The van der Waals surface area contributed by atoms with E-state index in [0.717, 1.165) is 102 Å². The third-order valence-electron chi connectivity index (χ3n) is 8.20. The maximum atomic E-state index is 7.37. The van der Waals surface area contributed by atoms with Gasteiger partial charge in [0.15, 0.2) is 8.32 Å². The zero-order valence-corrected chi connectivity index (χ0v) is 26.9. The predicted octanol–water partition coefficient (Wildman–Crippen LogP) is 4.79. The molecule has 5 heterocycles. The molecule has 8 atom stereocenters. The van der Waals surface area contributed by atoms with Crippen LogP contribution in [0, 0.1) is 0 Å². The van der Waals surface area contributed by atoms with Gasteiger partial charge in [0.05, 0.1) is 50.8 Å². The van der Waals surface area contributed by atoms with E-state index in [2.05, 4.69) is 26.2 Å². The van der Waals surface area contributed by atoms with Crippen LogP contribution in [0.1, 0.15) is 38.5 Å². The Kier molecular flexibility index (Phi) is 9.03. The van der Waals surface area contributed by atoms with E-state index < -0.39 is 34.0 Å². The first kappa shape index (κ1) is 28.1. The average molecular weight is 577 g/mol. The van der Waals surface area contributed by atoms with Gasteiger partial charge in [0.2, 0.25) is 0 Å². The minimum Gasteiger partial charge on any atom is -0.436 e. The molecular formula is C24H48O8Si4. The zero-order chi connectivity index (χ0) is 25.3. The molecule has 208 valence electrons. The molecule has 0 aromatic heterocycles. The normalized spacial score (nSPS) is 47.0. The standard InChI is InChI=1S/C24H48O8Si4/c1-33(13-7-21-17-25-21)12-6-5-11-29-34(2,14-8-22-18-26-22)31-36(4,16-10-24-20-28-24)32-35(3,30-33)15-9-23-19-27-23/h21-24H,5-20H2,1-4H3. The molecule has 5 rings (SSSR count). The summed E-state index contributed by atoms with van der Waals surface area (Å²) in [4.78, 5) is 0. The summed E-state index contributed by atoms with van der Waals surface area (Å²) >= 11 is 0. The quantitative estimate of drug-likeness (QED) is 0.242. The second kappa shape index (κ2) is 11.6. The summed E-state index contributed by atoms with van der Waals surface area (Å²) in [6.07, 6.45) is 7.97. The van der Waals surface area contributed by atoms with Crippen molar-refractivity contribution in [3.8, 4) is 0 Å². The molecule has 0 N–H and O–H groups in total. The van der Waals surface area contributed by atoms with Crippen molar-refractivity contribution in [2.24, 2.45) is 0 Å². The molecule has 12 heteroatoms. The highest BCUT2D eigenvalue weighted by molar-refractivity contribution is 6.89. The van der Waals surface area contributed by atoms with E-state index in [0.29, 0.717) is 24.4 Å². The van der Waals surface area contributed by atoms with E-state index in [1.807, 2.05) is 0 Å². The molecule has 0 saturated carbocycles. The van der Waals surface area contributed by atoms with E-state index in [-0.39, 0.29) is 0 Å². The maximum Gasteiger partial charge on any atom is 0.326 e. The van der Waals surface area contributed by atoms with E-state index >= 15 is 0 Å². The van der Waals surface area contributed by atoms with Crippen LogP contribution in [-0.2, 0) is 35.7 Å². The van der Waals surface area contributed by atoms with Crippen LogP contribution in [0.3, 0.4) is 0 Å². The average Bonchev–Trinajstić information content (AvgIpc) is 3.63. The fourth-order valence-electron chi connectivity index (χ4n) is 5.62. The maximum absolute atomic E-state index is 7.37. The second-order valence-electron chi connectivity index (χ2n) is 12.4. The van der Waals surface area contributed by atoms with Crippen molar-refractivity contribution in [2.75, 3.05) is 33.0 Å². The van der Waals surface area contributed by atoms with Crippen LogP contribution < -0.4 is 0 Å². The smallest absolute Gasteiger partial charge is 0.326 e. The van der Waals surface area contributed by atoms with Gasteiger partial charge in [-0.15, -0.1) is 0 Å². The van der Waals surface area contributed by atoms with Gasteiger partial charge < -0.3 is 35.7 Å². The Morgan fingerprint density at radius 3 is 1.44 bits per heavy atom. The van der Waals surface area contributed by atoms with Crippen LogP contribution in [-0.4, -0.2) is 91.5 Å². The SMILES string of the molecule is C[Si]1(CCC2CO2)CCCCO[Si](C)(CCC2CO2)O[Si](C)(CCC2CO2)O[Si](C)(CCC2CO2)O1. The Labute approximate surface area is 221 Å². The fraction of sp³-hybridized carbons (Fsp3) is 1.00. The highest BCUT2D eigenvalue weighted by Gasteiger charge is 2.52. The van der Waals surface area contributed by atoms with Crippen LogP contribution in [0.15, 0.2) is 0 Å². The van der Waals surface area contributed by atoms with Crippen molar-refractivity contribution in [3.63, 3.8) is 0 Å². The van der Waals surface area contributed by atoms with Crippen LogP contribution in [0.4, 0.5) is 0 Å². The van der Waals surface area contributed by atoms with Gasteiger partial charge in [0.25, 0.3) is 0 Å². The summed E-state index contributed by atoms with van der Waals surface area (Å²) in [7, 11) is -9.52. The lowest BCUT2D eigenvalue weighted by atomic mass is 10.4. The van der Waals surface area contributed by atoms with Gasteiger partial charge >= 0.3 is 25.7 Å². The molecule has 0 radical (unpaired) electrons. The van der Waals surface area contributed by atoms with Crippen LogP contribution in [0.25, 0.3) is 0 Å². The lowest BCUT2D eigenvalue weighted by molar-refractivity contribution is 0.205. The van der Waals surface area contributed by atoms with Gasteiger partial charge in [-0.1, -0.05) is 6.42 Å². The number of ether oxygens (including phenoxy) is 4. The second-order valence-corrected chi connectivity index (χ2v) is 27.4. The van der Waals surface area contributed by atoms with Crippen molar-refractivity contribution in [1.29, 1.82) is 0 Å². The monoisotopic (exact) mass is 576 g/mol. The molecule has 0 amide bonds. The van der Waals surface area contributed by atoms with Gasteiger partial charge in [-0.25, -0.2) is 0 Å². The van der Waals surface area contributed by atoms with Crippen LogP contribution in [0.2, 0.25) is 56.4 Å². The van der Waals surface area contributed by atoms with Gasteiger partial charge in [-0.2, -0.15) is 0 Å². The third-order valence-corrected chi connectivity index (χ3v) is 26.0. The first-order chi connectivity index (χ1) is 17.1. The number of epoxide rings is 4. The van der Waals surface area contributed by atoms with E-state index in [1.54, 1.807) is 0 Å². The number of hydrogen-bond donors (Lipinski definition) is 0. The summed E-state index contributed by atoms with van der Waals surface area (Å²) in [5.74, 6) is 0. The first-order valence-electron chi connectivity index (χ1n) is 14.3. The van der Waals surface area contributed by atoms with Gasteiger partial charge in [0.1, 0.15) is 0 Å². The molecule has 5 aliphatic heterocycles. The minimum atomic E-state index is -2.59. The molecule has 36 heavy (non-hydrogen) atoms. The molecule has 5 fully saturated rings. The van der Waals surface area contributed by atoms with Crippen LogP contribution in [0.5, 0.6) is 0 Å². The summed E-state index contributed by atoms with van der Waals surface area (Å²) in [6.45, 7) is 13.6. The van der Waals surface area contributed by atoms with Crippen molar-refractivity contribution >= 4 is 34.0 Å². The van der Waals surface area contributed by atoms with Crippen LogP contribution >= 0.6 is 0 Å². The van der Waals surface area contributed by atoms with E-state index in [1.165, 1.54) is 0 Å². The highest BCUT2D eigenvalue weighted by Crippen LogP contribution is 2.38. The largest absolute Gasteiger partial charge is 0.436 e. The Morgan fingerprint density at radius 1 is 0.528 bits per heavy atom. The van der Waals surface area contributed by atoms with E-state index in [9.17, 15) is 0 Å². The van der Waals surface area contributed by atoms with E-state index in [4.69, 9.17) is 35.7 Å². The topological polar surface area (TPSA) is 87.0 Å². The third kappa shape index (κ3) is 9.33. The zero-order valence-electron chi connectivity index (χ0n) is 22.9. The van der Waals surface area contributed by atoms with Crippen molar-refractivity contribution in [2.45, 2.75) is 119 Å². The molecule has 0 aromatic rings. The molecule has 0 bridgehead atoms. The predicted molar refractivity (Wildman–Crippen MR) is 146 cm³/mol. The van der Waals surface area contributed by atoms with Gasteiger partial charge in [-0.05, 0) is 88.5 Å². The number of rotatable bonds is 12. The molecular weight excluding hydrogens is 529 g/mol. The van der Waals surface area contributed by atoms with Gasteiger partial charge in [-0.3, -0.25) is 0 Å². The highest BCUT2D eigenvalue weighted by atomic mass is 28.5. The Balaban J connectivity index is 1.36. The van der Waals surface area contributed by atoms with Gasteiger partial charge in [0, 0.05) is 6.61 Å². The molecule has 5 saturated heterocycles. The minimum absolute atomic E-state index is 0.364. The lowest BCUT2D eigenvalue weighted by Crippen LogP contribution is -2.60. The summed E-state index contributed by atoms with van der Waals surface area (Å²) < 4.78 is 50.9. The Morgan fingerprint density at radius 2 is 0.944 bits per heavy atom. The molecule has 5 aliphatic rings. The van der Waals surface area contributed by atoms with Crippen molar-refractivity contribution < 1.29 is 35.7 Å². The molecule has 8 unspecified atom stereocenters. The molecule has 0 spiro atoms. The Hall–Kier alpha value is 0.548. The summed E-state index contributed by atoms with van der Waals surface area (Å²) in [5.41, 5.74) is 0. The molecule has 8 nitrogen and oxygen atoms in total. The summed E-state index contributed by atoms with van der Waals surface area (Å²) in [5, 5.41) is 0. The Bertz CT molecular complexity index is 679. The number of hydrogen-bond acceptors (Lipinski definition) is 8. The van der Waals surface area contributed by atoms with Crippen molar-refractivity contribution in [3.05, 3.63) is 0 Å². The lowest BCUT2D eigenvalue weighted by Gasteiger charge is -2.45. The fourth-order valence-corrected chi connectivity index (χ4v) is 26.7. The molecule has 0 aliphatic carbocycles. The van der Waals surface area contributed by atoms with Crippen molar-refractivity contribution in [1.82, 2.24) is 0 Å². The molecule has 0 aromatic carbocycles.